The first-order chi connectivity index (χ1) is 9.51. The summed E-state index contributed by atoms with van der Waals surface area (Å²) in [6.07, 6.45) is 0. The molecular weight excluding hydrogens is 386 g/mol. The van der Waals surface area contributed by atoms with Crippen LogP contribution in [-0.2, 0) is 0 Å². The standard InChI is InChI=1S/C14H13Br2N3O/c1-8-6-9(7-12(17-2)18-8)14(20)19-13-10(15)4-3-5-11(13)16/h3-7H,1-2H3,(H,17,18)(H,19,20). The number of nitrogens with one attached hydrogen (secondary N) is 2. The molecule has 0 aliphatic rings. The van der Waals surface area contributed by atoms with Gasteiger partial charge in [-0.2, -0.15) is 0 Å². The fraction of sp³-hybridized carbons (Fsp3) is 0.143. The zero-order valence-corrected chi connectivity index (χ0v) is 14.2. The molecule has 1 aromatic heterocycles. The van der Waals surface area contributed by atoms with Crippen molar-refractivity contribution in [3.05, 3.63) is 50.5 Å². The average molecular weight is 399 g/mol. The number of halogens is 2. The van der Waals surface area contributed by atoms with Gasteiger partial charge in [-0.1, -0.05) is 6.07 Å². The first-order valence-electron chi connectivity index (χ1n) is 5.93. The number of amides is 1. The fourth-order valence-electron chi connectivity index (χ4n) is 1.73. The van der Waals surface area contributed by atoms with Crippen LogP contribution < -0.4 is 10.6 Å². The number of carbonyl (C=O) groups is 1. The number of benzene rings is 1. The third kappa shape index (κ3) is 3.37. The maximum absolute atomic E-state index is 12.3. The Balaban J connectivity index is 2.31. The molecule has 1 heterocycles. The van der Waals surface area contributed by atoms with E-state index in [1.165, 1.54) is 0 Å². The van der Waals surface area contributed by atoms with Gasteiger partial charge in [0.1, 0.15) is 5.82 Å². The van der Waals surface area contributed by atoms with Crippen LogP contribution in [0.3, 0.4) is 0 Å². The van der Waals surface area contributed by atoms with Crippen LogP contribution >= 0.6 is 31.9 Å². The summed E-state index contributed by atoms with van der Waals surface area (Å²) in [6, 6.07) is 9.10. The Morgan fingerprint density at radius 1 is 1.20 bits per heavy atom. The van der Waals surface area contributed by atoms with Gasteiger partial charge in [-0.3, -0.25) is 4.79 Å². The van der Waals surface area contributed by atoms with E-state index in [2.05, 4.69) is 47.5 Å². The van der Waals surface area contributed by atoms with E-state index in [1.54, 1.807) is 19.2 Å². The lowest BCUT2D eigenvalue weighted by molar-refractivity contribution is 0.102. The molecule has 0 unspecified atom stereocenters. The van der Waals surface area contributed by atoms with E-state index in [0.29, 0.717) is 17.1 Å². The molecule has 0 saturated carbocycles. The Morgan fingerprint density at radius 3 is 2.45 bits per heavy atom. The SMILES string of the molecule is CNc1cc(C(=O)Nc2c(Br)cccc2Br)cc(C)n1. The smallest absolute Gasteiger partial charge is 0.255 e. The summed E-state index contributed by atoms with van der Waals surface area (Å²) in [6.45, 7) is 1.85. The van der Waals surface area contributed by atoms with Crippen LogP contribution in [0.1, 0.15) is 16.1 Å². The van der Waals surface area contributed by atoms with Gasteiger partial charge in [-0.05, 0) is 63.0 Å². The van der Waals surface area contributed by atoms with Gasteiger partial charge < -0.3 is 10.6 Å². The first-order valence-corrected chi connectivity index (χ1v) is 7.51. The van der Waals surface area contributed by atoms with Crippen molar-refractivity contribution < 1.29 is 4.79 Å². The summed E-state index contributed by atoms with van der Waals surface area (Å²) in [7, 11) is 1.77. The highest BCUT2D eigenvalue weighted by atomic mass is 79.9. The molecule has 0 bridgehead atoms. The molecule has 2 rings (SSSR count). The van der Waals surface area contributed by atoms with Gasteiger partial charge in [0.25, 0.3) is 5.91 Å². The topological polar surface area (TPSA) is 54.0 Å². The van der Waals surface area contributed by atoms with E-state index in [1.807, 2.05) is 25.1 Å². The van der Waals surface area contributed by atoms with Crippen molar-refractivity contribution in [2.45, 2.75) is 6.92 Å². The van der Waals surface area contributed by atoms with Crippen molar-refractivity contribution in [2.75, 3.05) is 17.7 Å². The monoisotopic (exact) mass is 397 g/mol. The van der Waals surface area contributed by atoms with E-state index >= 15 is 0 Å². The minimum Gasteiger partial charge on any atom is -0.373 e. The summed E-state index contributed by atoms with van der Waals surface area (Å²) in [5.41, 5.74) is 2.05. The predicted molar refractivity (Wildman–Crippen MR) is 88.3 cm³/mol. The Bertz CT molecular complexity index is 639. The highest BCUT2D eigenvalue weighted by molar-refractivity contribution is 9.11. The zero-order valence-electron chi connectivity index (χ0n) is 11.0. The molecule has 2 N–H and O–H groups in total. The van der Waals surface area contributed by atoms with Crippen LogP contribution in [0.2, 0.25) is 0 Å². The molecule has 0 radical (unpaired) electrons. The average Bonchev–Trinajstić information content (AvgIpc) is 2.42. The number of nitrogens with zero attached hydrogens (tertiary/aromatic N) is 1. The van der Waals surface area contributed by atoms with Crippen LogP contribution in [0.5, 0.6) is 0 Å². The Labute approximate surface area is 134 Å². The lowest BCUT2D eigenvalue weighted by Gasteiger charge is -2.11. The molecule has 0 aliphatic carbocycles. The van der Waals surface area contributed by atoms with E-state index in [4.69, 9.17) is 0 Å². The molecule has 0 saturated heterocycles. The molecule has 0 spiro atoms. The number of hydrogen-bond acceptors (Lipinski definition) is 3. The molecule has 0 aliphatic heterocycles. The molecule has 0 fully saturated rings. The third-order valence-corrected chi connectivity index (χ3v) is 3.99. The van der Waals surface area contributed by atoms with E-state index in [-0.39, 0.29) is 5.91 Å². The highest BCUT2D eigenvalue weighted by Gasteiger charge is 2.12. The van der Waals surface area contributed by atoms with E-state index in [9.17, 15) is 4.79 Å². The Hall–Kier alpha value is -1.40. The van der Waals surface area contributed by atoms with Crippen molar-refractivity contribution in [3.63, 3.8) is 0 Å². The number of aromatic nitrogens is 1. The summed E-state index contributed by atoms with van der Waals surface area (Å²) in [5, 5.41) is 5.83. The largest absolute Gasteiger partial charge is 0.373 e. The summed E-state index contributed by atoms with van der Waals surface area (Å²) in [5.74, 6) is 0.487. The summed E-state index contributed by atoms with van der Waals surface area (Å²) >= 11 is 6.84. The summed E-state index contributed by atoms with van der Waals surface area (Å²) < 4.78 is 1.64. The normalized spacial score (nSPS) is 10.2. The number of anilines is 2. The predicted octanol–water partition coefficient (Wildman–Crippen LogP) is 4.21. The molecule has 4 nitrogen and oxygen atoms in total. The maximum Gasteiger partial charge on any atom is 0.255 e. The van der Waals surface area contributed by atoms with Gasteiger partial charge in [0.15, 0.2) is 0 Å². The van der Waals surface area contributed by atoms with Crippen LogP contribution in [0.15, 0.2) is 39.3 Å². The second-order valence-corrected chi connectivity index (χ2v) is 5.89. The third-order valence-electron chi connectivity index (χ3n) is 2.67. The number of aryl methyl sites for hydroxylation is 1. The minimum absolute atomic E-state index is 0.181. The molecule has 6 heteroatoms. The Morgan fingerprint density at radius 2 is 1.85 bits per heavy atom. The molecule has 2 aromatic rings. The maximum atomic E-state index is 12.3. The molecule has 104 valence electrons. The lowest BCUT2D eigenvalue weighted by Crippen LogP contribution is -2.14. The first kappa shape index (κ1) is 15.0. The minimum atomic E-state index is -0.181. The van der Waals surface area contributed by atoms with Gasteiger partial charge in [0.05, 0.1) is 5.69 Å². The van der Waals surface area contributed by atoms with Gasteiger partial charge >= 0.3 is 0 Å². The molecule has 1 amide bonds. The van der Waals surface area contributed by atoms with E-state index < -0.39 is 0 Å². The van der Waals surface area contributed by atoms with Crippen LogP contribution in [-0.4, -0.2) is 17.9 Å². The second-order valence-electron chi connectivity index (χ2n) is 4.18. The van der Waals surface area contributed by atoms with Crippen LogP contribution in [0.4, 0.5) is 11.5 Å². The highest BCUT2D eigenvalue weighted by Crippen LogP contribution is 2.31. The quantitative estimate of drug-likeness (QED) is 0.814. The van der Waals surface area contributed by atoms with Crippen molar-refractivity contribution in [2.24, 2.45) is 0 Å². The van der Waals surface area contributed by atoms with Crippen molar-refractivity contribution >= 4 is 49.3 Å². The number of para-hydroxylation sites is 1. The lowest BCUT2D eigenvalue weighted by atomic mass is 10.2. The van der Waals surface area contributed by atoms with Gasteiger partial charge in [0.2, 0.25) is 0 Å². The van der Waals surface area contributed by atoms with Gasteiger partial charge in [-0.15, -0.1) is 0 Å². The molecule has 1 aromatic carbocycles. The van der Waals surface area contributed by atoms with Crippen LogP contribution in [0.25, 0.3) is 0 Å². The van der Waals surface area contributed by atoms with Crippen molar-refractivity contribution in [3.8, 4) is 0 Å². The van der Waals surface area contributed by atoms with Gasteiger partial charge in [-0.25, -0.2) is 4.98 Å². The Kier molecular flexibility index (Phi) is 4.77. The number of hydrogen-bond donors (Lipinski definition) is 2. The van der Waals surface area contributed by atoms with Crippen molar-refractivity contribution in [1.82, 2.24) is 4.98 Å². The van der Waals surface area contributed by atoms with E-state index in [0.717, 1.165) is 14.6 Å². The van der Waals surface area contributed by atoms with Gasteiger partial charge in [0, 0.05) is 27.3 Å². The number of carbonyl (C=O) groups excluding carboxylic acids is 1. The van der Waals surface area contributed by atoms with Crippen molar-refractivity contribution in [1.29, 1.82) is 0 Å². The second kappa shape index (κ2) is 6.37. The van der Waals surface area contributed by atoms with Crippen LogP contribution in [0, 0.1) is 6.92 Å². The number of rotatable bonds is 3. The zero-order chi connectivity index (χ0) is 14.7. The fourth-order valence-corrected chi connectivity index (χ4v) is 2.93. The molecule has 20 heavy (non-hydrogen) atoms. The summed E-state index contributed by atoms with van der Waals surface area (Å²) in [4.78, 5) is 16.6. The molecule has 0 atom stereocenters. The molecular formula is C14H13Br2N3O. The number of pyridine rings is 1.